The molecule has 1 aromatic heterocycles. The van der Waals surface area contributed by atoms with E-state index in [9.17, 15) is 13.2 Å². The van der Waals surface area contributed by atoms with Gasteiger partial charge in [0.25, 0.3) is 0 Å². The van der Waals surface area contributed by atoms with Crippen LogP contribution in [0.5, 0.6) is 0 Å². The Morgan fingerprint density at radius 2 is 2.28 bits per heavy atom. The Morgan fingerprint density at radius 3 is 2.89 bits per heavy atom. The van der Waals surface area contributed by atoms with Crippen molar-refractivity contribution in [3.63, 3.8) is 0 Å². The first-order valence-electron chi connectivity index (χ1n) is 6.21. The number of sulfone groups is 1. The number of ketones is 1. The lowest BCUT2D eigenvalue weighted by Gasteiger charge is -2.20. The molecule has 1 aliphatic heterocycles. The standard InChI is InChI=1S/C12H18N2O3S/c1-14-8-7-13-12(14)6-5-10(15)11-4-2-3-9-18(11,16)17/h7-8,11H,2-6,9H2,1H3. The van der Waals surface area contributed by atoms with Crippen LogP contribution in [0.4, 0.5) is 0 Å². The summed E-state index contributed by atoms with van der Waals surface area (Å²) in [7, 11) is -1.34. The van der Waals surface area contributed by atoms with E-state index in [1.165, 1.54) is 0 Å². The minimum Gasteiger partial charge on any atom is -0.338 e. The lowest BCUT2D eigenvalue weighted by Crippen LogP contribution is -2.35. The number of nitrogens with zero attached hydrogens (tertiary/aromatic N) is 2. The van der Waals surface area contributed by atoms with Crippen molar-refractivity contribution < 1.29 is 13.2 Å². The summed E-state index contributed by atoms with van der Waals surface area (Å²) in [5.41, 5.74) is 0. The molecular formula is C12H18N2O3S. The average Bonchev–Trinajstić information content (AvgIpc) is 2.71. The molecule has 0 N–H and O–H groups in total. The Morgan fingerprint density at radius 1 is 1.50 bits per heavy atom. The van der Waals surface area contributed by atoms with Gasteiger partial charge in [0.1, 0.15) is 11.1 Å². The van der Waals surface area contributed by atoms with Gasteiger partial charge < -0.3 is 4.57 Å². The first-order valence-corrected chi connectivity index (χ1v) is 7.93. The normalized spacial score (nSPS) is 22.8. The third-order valence-electron chi connectivity index (χ3n) is 3.45. The largest absolute Gasteiger partial charge is 0.338 e. The van der Waals surface area contributed by atoms with Gasteiger partial charge in [-0.15, -0.1) is 0 Å². The maximum Gasteiger partial charge on any atom is 0.160 e. The van der Waals surface area contributed by atoms with Crippen molar-refractivity contribution in [3.05, 3.63) is 18.2 Å². The van der Waals surface area contributed by atoms with Gasteiger partial charge in [-0.1, -0.05) is 6.42 Å². The molecule has 2 rings (SSSR count). The number of hydrogen-bond acceptors (Lipinski definition) is 4. The quantitative estimate of drug-likeness (QED) is 0.814. The predicted octanol–water partition coefficient (Wildman–Crippen LogP) is 0.889. The topological polar surface area (TPSA) is 69.0 Å². The summed E-state index contributed by atoms with van der Waals surface area (Å²) in [6.07, 6.45) is 6.27. The molecular weight excluding hydrogens is 252 g/mol. The second-order valence-electron chi connectivity index (χ2n) is 4.77. The van der Waals surface area contributed by atoms with Crippen molar-refractivity contribution in [2.45, 2.75) is 37.4 Å². The molecule has 0 aliphatic carbocycles. The summed E-state index contributed by atoms with van der Waals surface area (Å²) in [6.45, 7) is 0. The zero-order chi connectivity index (χ0) is 13.2. The number of Topliss-reactive ketones (excluding diaryl/α,β-unsaturated/α-hetero) is 1. The molecule has 0 saturated carbocycles. The molecule has 18 heavy (non-hydrogen) atoms. The summed E-state index contributed by atoms with van der Waals surface area (Å²) in [5, 5.41) is -0.772. The fraction of sp³-hybridized carbons (Fsp3) is 0.667. The van der Waals surface area contributed by atoms with Gasteiger partial charge >= 0.3 is 0 Å². The number of aryl methyl sites for hydroxylation is 2. The van der Waals surface area contributed by atoms with Crippen LogP contribution >= 0.6 is 0 Å². The van der Waals surface area contributed by atoms with Gasteiger partial charge in [0.2, 0.25) is 0 Å². The highest BCUT2D eigenvalue weighted by molar-refractivity contribution is 7.92. The van der Waals surface area contributed by atoms with Gasteiger partial charge in [0, 0.05) is 32.3 Å². The Bertz CT molecular complexity index is 533. The Kier molecular flexibility index (Phi) is 3.85. The van der Waals surface area contributed by atoms with Crippen LogP contribution in [0.3, 0.4) is 0 Å². The number of hydrogen-bond donors (Lipinski definition) is 0. The Hall–Kier alpha value is -1.17. The van der Waals surface area contributed by atoms with Crippen molar-refractivity contribution >= 4 is 15.6 Å². The molecule has 1 fully saturated rings. The summed E-state index contributed by atoms with van der Waals surface area (Å²) in [4.78, 5) is 16.1. The lowest BCUT2D eigenvalue weighted by molar-refractivity contribution is -0.118. The van der Waals surface area contributed by atoms with E-state index in [0.29, 0.717) is 19.3 Å². The number of aromatic nitrogens is 2. The molecule has 0 spiro atoms. The highest BCUT2D eigenvalue weighted by Crippen LogP contribution is 2.21. The molecule has 5 nitrogen and oxygen atoms in total. The van der Waals surface area contributed by atoms with Crippen LogP contribution in [0.25, 0.3) is 0 Å². The molecule has 6 heteroatoms. The van der Waals surface area contributed by atoms with Crippen molar-refractivity contribution in [2.24, 2.45) is 7.05 Å². The van der Waals surface area contributed by atoms with Crippen LogP contribution in [-0.4, -0.2) is 34.8 Å². The number of carbonyl (C=O) groups is 1. The van der Waals surface area contributed by atoms with E-state index >= 15 is 0 Å². The van der Waals surface area contributed by atoms with Crippen molar-refractivity contribution in [1.29, 1.82) is 0 Å². The fourth-order valence-corrected chi connectivity index (χ4v) is 4.28. The smallest absolute Gasteiger partial charge is 0.160 e. The van der Waals surface area contributed by atoms with Gasteiger partial charge in [0.05, 0.1) is 5.75 Å². The van der Waals surface area contributed by atoms with E-state index in [1.807, 2.05) is 17.8 Å². The molecule has 0 amide bonds. The molecule has 1 unspecified atom stereocenters. The average molecular weight is 270 g/mol. The second-order valence-corrected chi connectivity index (χ2v) is 7.08. The summed E-state index contributed by atoms with van der Waals surface area (Å²) < 4.78 is 25.5. The monoisotopic (exact) mass is 270 g/mol. The predicted molar refractivity (Wildman–Crippen MR) is 68.0 cm³/mol. The van der Waals surface area contributed by atoms with E-state index in [-0.39, 0.29) is 18.0 Å². The molecule has 2 heterocycles. The third-order valence-corrected chi connectivity index (χ3v) is 5.68. The van der Waals surface area contributed by atoms with Crippen LogP contribution in [0.2, 0.25) is 0 Å². The summed E-state index contributed by atoms with van der Waals surface area (Å²) in [6, 6.07) is 0. The number of rotatable bonds is 4. The molecule has 100 valence electrons. The summed E-state index contributed by atoms with van der Waals surface area (Å²) in [5.74, 6) is 0.820. The van der Waals surface area contributed by atoms with E-state index in [1.54, 1.807) is 6.20 Å². The van der Waals surface area contributed by atoms with Gasteiger partial charge in [-0.3, -0.25) is 4.79 Å². The maximum atomic E-state index is 12.0. The third kappa shape index (κ3) is 2.80. The molecule has 0 aromatic carbocycles. The van der Waals surface area contributed by atoms with Gasteiger partial charge in [-0.05, 0) is 12.8 Å². The second kappa shape index (κ2) is 5.22. The van der Waals surface area contributed by atoms with Crippen LogP contribution in [0.1, 0.15) is 31.5 Å². The highest BCUT2D eigenvalue weighted by Gasteiger charge is 2.34. The van der Waals surface area contributed by atoms with Crippen LogP contribution in [-0.2, 0) is 28.1 Å². The zero-order valence-corrected chi connectivity index (χ0v) is 11.3. The molecule has 1 aromatic rings. The van der Waals surface area contributed by atoms with Gasteiger partial charge in [-0.2, -0.15) is 0 Å². The molecule has 0 bridgehead atoms. The Balaban J connectivity index is 1.98. The lowest BCUT2D eigenvalue weighted by atomic mass is 10.1. The van der Waals surface area contributed by atoms with Crippen LogP contribution in [0.15, 0.2) is 12.4 Å². The minimum atomic E-state index is -3.20. The minimum absolute atomic E-state index is 0.155. The van der Waals surface area contributed by atoms with E-state index in [4.69, 9.17) is 0 Å². The summed E-state index contributed by atoms with van der Waals surface area (Å²) >= 11 is 0. The number of carbonyl (C=O) groups excluding carboxylic acids is 1. The highest BCUT2D eigenvalue weighted by atomic mass is 32.2. The van der Waals surface area contributed by atoms with Crippen molar-refractivity contribution in [3.8, 4) is 0 Å². The van der Waals surface area contributed by atoms with E-state index < -0.39 is 15.1 Å². The molecule has 1 atom stereocenters. The molecule has 1 aliphatic rings. The molecule has 0 radical (unpaired) electrons. The van der Waals surface area contributed by atoms with Gasteiger partial charge in [0.15, 0.2) is 15.6 Å². The van der Waals surface area contributed by atoms with E-state index in [0.717, 1.165) is 12.2 Å². The first-order chi connectivity index (χ1) is 8.50. The van der Waals surface area contributed by atoms with E-state index in [2.05, 4.69) is 4.98 Å². The fourth-order valence-electron chi connectivity index (χ4n) is 2.35. The van der Waals surface area contributed by atoms with Crippen LogP contribution in [0, 0.1) is 0 Å². The van der Waals surface area contributed by atoms with Gasteiger partial charge in [-0.25, -0.2) is 13.4 Å². The van der Waals surface area contributed by atoms with Crippen LogP contribution < -0.4 is 0 Å². The zero-order valence-electron chi connectivity index (χ0n) is 10.5. The van der Waals surface area contributed by atoms with Crippen molar-refractivity contribution in [2.75, 3.05) is 5.75 Å². The first kappa shape index (κ1) is 13.3. The molecule has 1 saturated heterocycles. The number of imidazole rings is 1. The Labute approximate surface area is 107 Å². The van der Waals surface area contributed by atoms with Crippen molar-refractivity contribution in [1.82, 2.24) is 9.55 Å². The SMILES string of the molecule is Cn1ccnc1CCC(=O)C1CCCCS1(=O)=O. The maximum absolute atomic E-state index is 12.0.